The molecule has 9 rings (SSSR count). The van der Waals surface area contributed by atoms with Crippen molar-refractivity contribution in [3.05, 3.63) is 126 Å². The third-order valence-electron chi connectivity index (χ3n) is 8.98. The maximum Gasteiger partial charge on any atom is 0.159 e. The van der Waals surface area contributed by atoms with Gasteiger partial charge in [0.05, 0.1) is 16.7 Å². The van der Waals surface area contributed by atoms with E-state index in [0.29, 0.717) is 0 Å². The van der Waals surface area contributed by atoms with E-state index in [0.717, 1.165) is 27.6 Å². The summed E-state index contributed by atoms with van der Waals surface area (Å²) in [6.07, 6.45) is 0. The number of hydrogen-bond donors (Lipinski definition) is 0. The predicted octanol–water partition coefficient (Wildman–Crippen LogP) is 10.1. The maximum atomic E-state index is 6.52. The van der Waals surface area contributed by atoms with Crippen molar-refractivity contribution in [3.8, 4) is 16.8 Å². The summed E-state index contributed by atoms with van der Waals surface area (Å²) in [7, 11) is 0. The predicted molar refractivity (Wildman–Crippen MR) is 163 cm³/mol. The van der Waals surface area contributed by atoms with E-state index in [-0.39, 0.29) is 5.41 Å². The Kier molecular flexibility index (Phi) is 3.89. The Bertz CT molecular complexity index is 2310. The van der Waals surface area contributed by atoms with Crippen LogP contribution in [0.5, 0.6) is 0 Å². The lowest BCUT2D eigenvalue weighted by Crippen LogP contribution is -2.14. The van der Waals surface area contributed by atoms with Crippen molar-refractivity contribution in [1.82, 2.24) is 4.57 Å². The van der Waals surface area contributed by atoms with Gasteiger partial charge in [-0.15, -0.1) is 0 Å². The molecule has 1 aliphatic carbocycles. The van der Waals surface area contributed by atoms with Crippen molar-refractivity contribution >= 4 is 54.5 Å². The molecule has 39 heavy (non-hydrogen) atoms. The second kappa shape index (κ2) is 7.18. The molecule has 2 nitrogen and oxygen atoms in total. The van der Waals surface area contributed by atoms with E-state index in [9.17, 15) is 0 Å². The summed E-state index contributed by atoms with van der Waals surface area (Å²) in [5.41, 5.74) is 10.7. The van der Waals surface area contributed by atoms with E-state index in [1.165, 1.54) is 54.8 Å². The minimum Gasteiger partial charge on any atom is -0.454 e. The van der Waals surface area contributed by atoms with E-state index in [4.69, 9.17) is 4.42 Å². The van der Waals surface area contributed by atoms with Crippen LogP contribution in [0.1, 0.15) is 25.0 Å². The zero-order valence-corrected chi connectivity index (χ0v) is 21.8. The molecule has 0 radical (unpaired) electrons. The number of benzene rings is 6. The average Bonchev–Trinajstić information content (AvgIpc) is 3.58. The van der Waals surface area contributed by atoms with Crippen molar-refractivity contribution in [3.63, 3.8) is 0 Å². The molecule has 0 saturated heterocycles. The van der Waals surface area contributed by atoms with Gasteiger partial charge in [0, 0.05) is 27.0 Å². The van der Waals surface area contributed by atoms with Gasteiger partial charge in [-0.3, -0.25) is 0 Å². The van der Waals surface area contributed by atoms with Crippen molar-refractivity contribution in [1.29, 1.82) is 0 Å². The SMILES string of the molecule is CC1(C)c2cc3c4ccccc4n(-c4cccc5c4oc4ccccc45)c3cc2-c2c1ccc1ccccc21. The smallest absolute Gasteiger partial charge is 0.159 e. The monoisotopic (exact) mass is 499 g/mol. The third-order valence-corrected chi connectivity index (χ3v) is 8.98. The van der Waals surface area contributed by atoms with Gasteiger partial charge in [0.15, 0.2) is 5.58 Å². The highest BCUT2D eigenvalue weighted by Gasteiger charge is 2.37. The number of hydrogen-bond acceptors (Lipinski definition) is 1. The number of furan rings is 1. The molecule has 0 aliphatic heterocycles. The van der Waals surface area contributed by atoms with Gasteiger partial charge < -0.3 is 8.98 Å². The van der Waals surface area contributed by atoms with Crippen LogP contribution in [0.2, 0.25) is 0 Å². The van der Waals surface area contributed by atoms with Gasteiger partial charge in [-0.05, 0) is 63.4 Å². The Hall–Kier alpha value is -4.82. The van der Waals surface area contributed by atoms with Gasteiger partial charge in [-0.1, -0.05) is 98.8 Å². The molecule has 2 aromatic heterocycles. The van der Waals surface area contributed by atoms with Gasteiger partial charge in [-0.25, -0.2) is 0 Å². The van der Waals surface area contributed by atoms with Crippen molar-refractivity contribution in [2.45, 2.75) is 19.3 Å². The van der Waals surface area contributed by atoms with Gasteiger partial charge in [0.2, 0.25) is 0 Å². The molecule has 0 fully saturated rings. The second-order valence-corrected chi connectivity index (χ2v) is 11.4. The van der Waals surface area contributed by atoms with Gasteiger partial charge in [0.1, 0.15) is 5.58 Å². The first-order chi connectivity index (χ1) is 19.1. The second-order valence-electron chi connectivity index (χ2n) is 11.4. The third kappa shape index (κ3) is 2.61. The van der Waals surface area contributed by atoms with E-state index >= 15 is 0 Å². The summed E-state index contributed by atoms with van der Waals surface area (Å²) in [6.45, 7) is 4.74. The van der Waals surface area contributed by atoms with Gasteiger partial charge >= 0.3 is 0 Å². The Balaban J connectivity index is 1.45. The molecule has 0 spiro atoms. The lowest BCUT2D eigenvalue weighted by atomic mass is 9.81. The highest BCUT2D eigenvalue weighted by Crippen LogP contribution is 2.53. The van der Waals surface area contributed by atoms with E-state index in [1.54, 1.807) is 0 Å². The molecule has 0 unspecified atom stereocenters. The summed E-state index contributed by atoms with van der Waals surface area (Å²) < 4.78 is 8.93. The Morgan fingerprint density at radius 2 is 1.31 bits per heavy atom. The minimum atomic E-state index is -0.0785. The zero-order chi connectivity index (χ0) is 25.9. The molecule has 2 heteroatoms. The number of nitrogens with zero attached hydrogens (tertiary/aromatic N) is 1. The summed E-state index contributed by atoms with van der Waals surface area (Å²) in [6, 6.07) is 41.9. The van der Waals surface area contributed by atoms with Crippen LogP contribution in [0.4, 0.5) is 0 Å². The van der Waals surface area contributed by atoms with Crippen LogP contribution < -0.4 is 0 Å². The van der Waals surface area contributed by atoms with Gasteiger partial charge in [0.25, 0.3) is 0 Å². The van der Waals surface area contributed by atoms with E-state index < -0.39 is 0 Å². The number of fused-ring (bicyclic) bond motifs is 11. The molecule has 0 atom stereocenters. The fourth-order valence-electron chi connectivity index (χ4n) is 7.13. The average molecular weight is 500 g/mol. The molecule has 2 heterocycles. The summed E-state index contributed by atoms with van der Waals surface area (Å²) >= 11 is 0. The fraction of sp³-hybridized carbons (Fsp3) is 0.0811. The summed E-state index contributed by atoms with van der Waals surface area (Å²) in [5.74, 6) is 0. The molecule has 0 saturated carbocycles. The Morgan fingerprint density at radius 3 is 2.21 bits per heavy atom. The molecular weight excluding hydrogens is 474 g/mol. The maximum absolute atomic E-state index is 6.52. The van der Waals surface area contributed by atoms with Gasteiger partial charge in [-0.2, -0.15) is 0 Å². The van der Waals surface area contributed by atoms with Crippen LogP contribution >= 0.6 is 0 Å². The highest BCUT2D eigenvalue weighted by molar-refractivity contribution is 6.15. The summed E-state index contributed by atoms with van der Waals surface area (Å²) in [5, 5.41) is 7.45. The normalized spacial score (nSPS) is 14.1. The molecule has 8 aromatic rings. The largest absolute Gasteiger partial charge is 0.454 e. The molecule has 0 bridgehead atoms. The number of para-hydroxylation sites is 3. The number of aromatic nitrogens is 1. The first kappa shape index (κ1) is 21.2. The van der Waals surface area contributed by atoms with Crippen LogP contribution in [0, 0.1) is 0 Å². The van der Waals surface area contributed by atoms with E-state index in [2.05, 4.69) is 128 Å². The van der Waals surface area contributed by atoms with E-state index in [1.807, 2.05) is 6.07 Å². The topological polar surface area (TPSA) is 18.1 Å². The molecule has 0 amide bonds. The summed E-state index contributed by atoms with van der Waals surface area (Å²) in [4.78, 5) is 0. The lowest BCUT2D eigenvalue weighted by Gasteiger charge is -2.21. The van der Waals surface area contributed by atoms with Crippen LogP contribution in [-0.4, -0.2) is 4.57 Å². The molecular formula is C37H25NO. The molecule has 6 aromatic carbocycles. The van der Waals surface area contributed by atoms with Crippen LogP contribution in [0.3, 0.4) is 0 Å². The standard InChI is InChI=1S/C37H25NO/c1-37(2)29-19-18-22-10-3-4-11-23(22)35(29)28-21-33-27(20-30(28)37)24-12-5-7-15-31(24)38(33)32-16-9-14-26-25-13-6-8-17-34(25)39-36(26)32/h3-21H,1-2H3. The first-order valence-corrected chi connectivity index (χ1v) is 13.6. The molecule has 0 N–H and O–H groups in total. The van der Waals surface area contributed by atoms with Crippen LogP contribution in [-0.2, 0) is 5.41 Å². The van der Waals surface area contributed by atoms with Crippen LogP contribution in [0.15, 0.2) is 120 Å². The number of rotatable bonds is 1. The molecule has 184 valence electrons. The molecule has 1 aliphatic rings. The van der Waals surface area contributed by atoms with Crippen LogP contribution in [0.25, 0.3) is 71.3 Å². The quantitative estimate of drug-likeness (QED) is 0.220. The first-order valence-electron chi connectivity index (χ1n) is 13.6. The Labute approximate surface area is 225 Å². The minimum absolute atomic E-state index is 0.0785. The Morgan fingerprint density at radius 1 is 0.564 bits per heavy atom. The fourth-order valence-corrected chi connectivity index (χ4v) is 7.13. The highest BCUT2D eigenvalue weighted by atomic mass is 16.3. The van der Waals surface area contributed by atoms with Crippen molar-refractivity contribution < 1.29 is 4.42 Å². The lowest BCUT2D eigenvalue weighted by molar-refractivity contribution is 0.661. The van der Waals surface area contributed by atoms with Crippen molar-refractivity contribution in [2.24, 2.45) is 0 Å². The zero-order valence-electron chi connectivity index (χ0n) is 21.8. The van der Waals surface area contributed by atoms with Crippen molar-refractivity contribution in [2.75, 3.05) is 0 Å².